The molecule has 0 atom stereocenters. The second kappa shape index (κ2) is 7.84. The van der Waals surface area contributed by atoms with Gasteiger partial charge in [-0.25, -0.2) is 5.26 Å². The van der Waals surface area contributed by atoms with E-state index in [1.54, 1.807) is 12.1 Å². The highest BCUT2D eigenvalue weighted by Crippen LogP contribution is 2.22. The molecule has 0 saturated carbocycles. The zero-order valence-electron chi connectivity index (χ0n) is 13.7. The Morgan fingerprint density at radius 3 is 2.00 bits per heavy atom. The molecule has 0 fully saturated rings. The van der Waals surface area contributed by atoms with Crippen molar-refractivity contribution in [1.82, 2.24) is 0 Å². The van der Waals surface area contributed by atoms with E-state index >= 15 is 0 Å². The minimum Gasteiger partial charge on any atom is -0.340 e. The Hall–Kier alpha value is -1.80. The Bertz CT molecular complexity index is 513. The maximum atomic E-state index is 8.20. The van der Waals surface area contributed by atoms with Crippen molar-refractivity contribution in [2.45, 2.75) is 46.5 Å². The van der Waals surface area contributed by atoms with Crippen LogP contribution < -0.4 is 4.89 Å². The average Bonchev–Trinajstić information content (AvgIpc) is 2.47. The summed E-state index contributed by atoms with van der Waals surface area (Å²) >= 11 is 0. The van der Waals surface area contributed by atoms with Crippen LogP contribution in [0.3, 0.4) is 0 Å². The highest BCUT2D eigenvalue weighted by Gasteiger charge is 2.12. The number of rotatable bonds is 2. The summed E-state index contributed by atoms with van der Waals surface area (Å²) in [5, 5.41) is 8.20. The van der Waals surface area contributed by atoms with E-state index < -0.39 is 0 Å². The molecular formula is C19H26O2. The van der Waals surface area contributed by atoms with Gasteiger partial charge in [-0.2, -0.15) is 0 Å². The molecule has 0 aliphatic heterocycles. The van der Waals surface area contributed by atoms with Gasteiger partial charge in [-0.05, 0) is 42.0 Å². The topological polar surface area (TPSA) is 29.5 Å². The van der Waals surface area contributed by atoms with Crippen molar-refractivity contribution in [1.29, 1.82) is 0 Å². The quantitative estimate of drug-likeness (QED) is 0.592. The van der Waals surface area contributed by atoms with Crippen LogP contribution in [-0.4, -0.2) is 5.26 Å². The van der Waals surface area contributed by atoms with Crippen LogP contribution in [0.4, 0.5) is 0 Å². The van der Waals surface area contributed by atoms with Gasteiger partial charge in [0.25, 0.3) is 0 Å². The fourth-order valence-electron chi connectivity index (χ4n) is 1.90. The summed E-state index contributed by atoms with van der Waals surface area (Å²) in [5.41, 5.74) is 4.28. The summed E-state index contributed by atoms with van der Waals surface area (Å²) in [4.78, 5) is 4.01. The molecule has 0 heterocycles. The maximum absolute atomic E-state index is 8.20. The van der Waals surface area contributed by atoms with Gasteiger partial charge in [0.05, 0.1) is 0 Å². The van der Waals surface area contributed by atoms with E-state index in [1.807, 2.05) is 12.1 Å². The number of benzene rings is 2. The third-order valence-corrected chi connectivity index (χ3v) is 3.32. The Morgan fingerprint density at radius 1 is 1.00 bits per heavy atom. The van der Waals surface area contributed by atoms with Gasteiger partial charge in [-0.15, -0.1) is 0 Å². The maximum Gasteiger partial charge on any atom is 0.165 e. The van der Waals surface area contributed by atoms with Crippen LogP contribution in [0.5, 0.6) is 5.75 Å². The van der Waals surface area contributed by atoms with Gasteiger partial charge < -0.3 is 4.89 Å². The lowest BCUT2D eigenvalue weighted by molar-refractivity contribution is -0.137. The largest absolute Gasteiger partial charge is 0.340 e. The summed E-state index contributed by atoms with van der Waals surface area (Å²) in [5.74, 6) is 0.484. The second-order valence-electron chi connectivity index (χ2n) is 6.21. The van der Waals surface area contributed by atoms with Crippen molar-refractivity contribution in [2.75, 3.05) is 0 Å². The molecule has 0 saturated heterocycles. The molecule has 0 aromatic heterocycles. The third kappa shape index (κ3) is 6.01. The summed E-state index contributed by atoms with van der Waals surface area (Å²) < 4.78 is 0. The number of hydrogen-bond acceptors (Lipinski definition) is 2. The summed E-state index contributed by atoms with van der Waals surface area (Å²) in [7, 11) is 0. The number of aryl methyl sites for hydroxylation is 2. The van der Waals surface area contributed by atoms with Crippen molar-refractivity contribution < 1.29 is 10.1 Å². The lowest BCUT2D eigenvalue weighted by Crippen LogP contribution is -2.10. The first-order valence-electron chi connectivity index (χ1n) is 7.34. The normalized spacial score (nSPS) is 10.6. The van der Waals surface area contributed by atoms with Crippen LogP contribution in [-0.2, 0) is 11.8 Å². The third-order valence-electron chi connectivity index (χ3n) is 3.32. The molecule has 0 radical (unpaired) electrons. The zero-order chi connectivity index (χ0) is 15.9. The standard InChI is InChI=1S/C11H16.C8H10O2/c1-9-6-5-7-10(8-9)11(2,3)4;1-2-7-3-5-8(10-9)6-4-7/h5-8H,1-4H3;3-6,9H,2H2,1H3. The van der Waals surface area contributed by atoms with E-state index in [-0.39, 0.29) is 5.41 Å². The lowest BCUT2D eigenvalue weighted by Gasteiger charge is -2.19. The molecule has 2 rings (SSSR count). The molecule has 0 bridgehead atoms. The van der Waals surface area contributed by atoms with Crippen LogP contribution in [0.25, 0.3) is 0 Å². The summed E-state index contributed by atoms with van der Waals surface area (Å²) in [6.45, 7) is 10.9. The molecule has 21 heavy (non-hydrogen) atoms. The van der Waals surface area contributed by atoms with Crippen LogP contribution in [0.1, 0.15) is 44.4 Å². The van der Waals surface area contributed by atoms with Crippen LogP contribution in [0.15, 0.2) is 48.5 Å². The smallest absolute Gasteiger partial charge is 0.165 e. The predicted molar refractivity (Wildman–Crippen MR) is 89.0 cm³/mol. The van der Waals surface area contributed by atoms with Crippen molar-refractivity contribution in [3.8, 4) is 5.75 Å². The molecule has 0 aliphatic carbocycles. The minimum absolute atomic E-state index is 0.284. The van der Waals surface area contributed by atoms with Gasteiger partial charge in [0, 0.05) is 0 Å². The molecule has 2 heteroatoms. The van der Waals surface area contributed by atoms with Crippen LogP contribution >= 0.6 is 0 Å². The fourth-order valence-corrected chi connectivity index (χ4v) is 1.90. The fraction of sp³-hybridized carbons (Fsp3) is 0.368. The first kappa shape index (κ1) is 17.3. The molecule has 2 nitrogen and oxygen atoms in total. The van der Waals surface area contributed by atoms with Crippen molar-refractivity contribution in [2.24, 2.45) is 0 Å². The Morgan fingerprint density at radius 2 is 1.62 bits per heavy atom. The van der Waals surface area contributed by atoms with Gasteiger partial charge in [0.15, 0.2) is 5.75 Å². The average molecular weight is 286 g/mol. The van der Waals surface area contributed by atoms with Crippen LogP contribution in [0, 0.1) is 6.92 Å². The highest BCUT2D eigenvalue weighted by molar-refractivity contribution is 5.27. The predicted octanol–water partition coefficient (Wildman–Crippen LogP) is 5.39. The second-order valence-corrected chi connectivity index (χ2v) is 6.21. The van der Waals surface area contributed by atoms with Gasteiger partial charge in [-0.1, -0.05) is 69.7 Å². The molecule has 0 unspecified atom stereocenters. The molecule has 0 aliphatic rings. The molecule has 114 valence electrons. The van der Waals surface area contributed by atoms with Gasteiger partial charge in [-0.3, -0.25) is 0 Å². The van der Waals surface area contributed by atoms with E-state index in [2.05, 4.69) is 63.8 Å². The molecular weight excluding hydrogens is 260 g/mol. The summed E-state index contributed by atoms with van der Waals surface area (Å²) in [6, 6.07) is 16.0. The molecule has 0 amide bonds. The number of hydrogen-bond donors (Lipinski definition) is 1. The van der Waals surface area contributed by atoms with E-state index in [0.29, 0.717) is 5.75 Å². The van der Waals surface area contributed by atoms with Crippen LogP contribution in [0.2, 0.25) is 0 Å². The van der Waals surface area contributed by atoms with E-state index in [1.165, 1.54) is 16.7 Å². The summed E-state index contributed by atoms with van der Waals surface area (Å²) in [6.07, 6.45) is 1.01. The highest BCUT2D eigenvalue weighted by atomic mass is 17.1. The van der Waals surface area contributed by atoms with Gasteiger partial charge in [0.1, 0.15) is 0 Å². The molecule has 2 aromatic carbocycles. The zero-order valence-corrected chi connectivity index (χ0v) is 13.7. The van der Waals surface area contributed by atoms with Crippen molar-refractivity contribution in [3.63, 3.8) is 0 Å². The first-order valence-corrected chi connectivity index (χ1v) is 7.34. The van der Waals surface area contributed by atoms with E-state index in [9.17, 15) is 0 Å². The van der Waals surface area contributed by atoms with E-state index in [4.69, 9.17) is 5.26 Å². The molecule has 0 spiro atoms. The van der Waals surface area contributed by atoms with Crippen molar-refractivity contribution >= 4 is 0 Å². The molecule has 1 N–H and O–H groups in total. The van der Waals surface area contributed by atoms with Gasteiger partial charge >= 0.3 is 0 Å². The first-order chi connectivity index (χ1) is 9.86. The lowest BCUT2D eigenvalue weighted by atomic mass is 9.86. The Labute approximate surface area is 128 Å². The van der Waals surface area contributed by atoms with Gasteiger partial charge in [0.2, 0.25) is 0 Å². The van der Waals surface area contributed by atoms with Crippen molar-refractivity contribution in [3.05, 3.63) is 65.2 Å². The molecule has 2 aromatic rings. The Kier molecular flexibility index (Phi) is 6.44. The SMILES string of the molecule is CCc1ccc(OO)cc1.Cc1cccc(C(C)(C)C)c1. The monoisotopic (exact) mass is 286 g/mol. The minimum atomic E-state index is 0.284. The van der Waals surface area contributed by atoms with E-state index in [0.717, 1.165) is 6.42 Å². The Balaban J connectivity index is 0.000000211.